The second-order valence-corrected chi connectivity index (χ2v) is 5.41. The Morgan fingerprint density at radius 3 is 2.44 bits per heavy atom. The fourth-order valence-corrected chi connectivity index (χ4v) is 2.72. The van der Waals surface area contributed by atoms with Gasteiger partial charge in [0, 0.05) is 6.54 Å². The molecule has 1 N–H and O–H groups in total. The van der Waals surface area contributed by atoms with Gasteiger partial charge < -0.3 is 10.1 Å². The van der Waals surface area contributed by atoms with E-state index in [1.54, 1.807) is 0 Å². The lowest BCUT2D eigenvalue weighted by Crippen LogP contribution is -2.47. The van der Waals surface area contributed by atoms with Crippen molar-refractivity contribution in [2.75, 3.05) is 19.7 Å². The van der Waals surface area contributed by atoms with Gasteiger partial charge in [-0.05, 0) is 44.6 Å². The van der Waals surface area contributed by atoms with Gasteiger partial charge in [0.25, 0.3) is 6.43 Å². The average Bonchev–Trinajstić information content (AvgIpc) is 2.38. The highest BCUT2D eigenvalue weighted by Crippen LogP contribution is 2.36. The maximum absolute atomic E-state index is 12.3. The van der Waals surface area contributed by atoms with Crippen molar-refractivity contribution in [1.82, 2.24) is 5.32 Å². The van der Waals surface area contributed by atoms with Gasteiger partial charge in [0.05, 0.1) is 5.60 Å². The molecule has 0 unspecified atom stereocenters. The van der Waals surface area contributed by atoms with Gasteiger partial charge in [0.15, 0.2) is 0 Å². The fourth-order valence-electron chi connectivity index (χ4n) is 2.72. The molecule has 0 radical (unpaired) electrons. The first kappa shape index (κ1) is 15.8. The summed E-state index contributed by atoms with van der Waals surface area (Å²) in [6, 6.07) is 0. The van der Waals surface area contributed by atoms with Crippen molar-refractivity contribution in [3.63, 3.8) is 0 Å². The third-order valence-electron chi connectivity index (χ3n) is 3.98. The number of hydrogen-bond acceptors (Lipinski definition) is 2. The Hall–Kier alpha value is -0.220. The van der Waals surface area contributed by atoms with E-state index < -0.39 is 13.0 Å². The Labute approximate surface area is 109 Å². The van der Waals surface area contributed by atoms with E-state index in [0.29, 0.717) is 6.54 Å². The van der Waals surface area contributed by atoms with E-state index in [-0.39, 0.29) is 5.60 Å². The number of alkyl halides is 2. The quantitative estimate of drug-likeness (QED) is 0.675. The van der Waals surface area contributed by atoms with Gasteiger partial charge in [-0.3, -0.25) is 0 Å². The molecule has 0 aliphatic heterocycles. The van der Waals surface area contributed by atoms with Crippen LogP contribution in [0.1, 0.15) is 52.4 Å². The summed E-state index contributed by atoms with van der Waals surface area (Å²) in [4.78, 5) is 0. The molecule has 1 aliphatic rings. The Bertz CT molecular complexity index is 210. The molecule has 0 aromatic rings. The predicted octanol–water partition coefficient (Wildman–Crippen LogP) is 3.61. The van der Waals surface area contributed by atoms with Crippen LogP contribution in [0.2, 0.25) is 0 Å². The van der Waals surface area contributed by atoms with E-state index in [9.17, 15) is 8.78 Å². The van der Waals surface area contributed by atoms with E-state index in [2.05, 4.69) is 19.2 Å². The van der Waals surface area contributed by atoms with Crippen molar-refractivity contribution in [1.29, 1.82) is 0 Å². The van der Waals surface area contributed by atoms with Gasteiger partial charge >= 0.3 is 0 Å². The maximum atomic E-state index is 12.3. The summed E-state index contributed by atoms with van der Waals surface area (Å²) in [5.74, 6) is 0.749. The Balaban J connectivity index is 2.46. The fraction of sp³-hybridized carbons (Fsp3) is 1.00. The molecule has 0 bridgehead atoms. The zero-order valence-corrected chi connectivity index (χ0v) is 11.7. The molecular weight excluding hydrogens is 236 g/mol. The van der Waals surface area contributed by atoms with Crippen LogP contribution in [-0.4, -0.2) is 31.7 Å². The highest BCUT2D eigenvalue weighted by atomic mass is 19.3. The van der Waals surface area contributed by atoms with E-state index in [1.165, 1.54) is 6.42 Å². The Kier molecular flexibility index (Phi) is 7.08. The normalized spacial score (nSPS) is 28.8. The topological polar surface area (TPSA) is 21.3 Å². The molecule has 0 heterocycles. The van der Waals surface area contributed by atoms with Gasteiger partial charge in [-0.15, -0.1) is 0 Å². The van der Waals surface area contributed by atoms with Crippen LogP contribution in [0.4, 0.5) is 8.78 Å². The molecule has 18 heavy (non-hydrogen) atoms. The van der Waals surface area contributed by atoms with Crippen molar-refractivity contribution in [2.24, 2.45) is 5.92 Å². The first-order valence-electron chi connectivity index (χ1n) is 7.24. The molecule has 108 valence electrons. The molecule has 1 fully saturated rings. The lowest BCUT2D eigenvalue weighted by molar-refractivity contribution is -0.110. The van der Waals surface area contributed by atoms with Crippen LogP contribution in [0.25, 0.3) is 0 Å². The summed E-state index contributed by atoms with van der Waals surface area (Å²) in [5, 5.41) is 3.33. The third kappa shape index (κ3) is 5.19. The molecule has 0 aromatic carbocycles. The van der Waals surface area contributed by atoms with Crippen LogP contribution in [0.15, 0.2) is 0 Å². The molecule has 0 amide bonds. The zero-order valence-electron chi connectivity index (χ0n) is 11.7. The van der Waals surface area contributed by atoms with Gasteiger partial charge in [-0.2, -0.15) is 0 Å². The lowest BCUT2D eigenvalue weighted by atomic mass is 9.77. The summed E-state index contributed by atoms with van der Waals surface area (Å²) < 4.78 is 30.3. The number of nitrogens with one attached hydrogen (secondary N) is 1. The van der Waals surface area contributed by atoms with Crippen molar-refractivity contribution in [3.05, 3.63) is 0 Å². The molecular formula is C14H27F2NO. The smallest absolute Gasteiger partial charge is 0.261 e. The lowest BCUT2D eigenvalue weighted by Gasteiger charge is -2.40. The minimum Gasteiger partial charge on any atom is -0.368 e. The van der Waals surface area contributed by atoms with Crippen LogP contribution < -0.4 is 5.32 Å². The SMILES string of the molecule is CCCNCC1(OCC(F)F)CCC(CC)CC1. The van der Waals surface area contributed by atoms with E-state index in [4.69, 9.17) is 4.74 Å². The summed E-state index contributed by atoms with van der Waals surface area (Å²) in [6.45, 7) is 5.52. The van der Waals surface area contributed by atoms with E-state index in [1.807, 2.05) is 0 Å². The number of hydrogen-bond donors (Lipinski definition) is 1. The molecule has 1 saturated carbocycles. The summed E-state index contributed by atoms with van der Waals surface area (Å²) in [7, 11) is 0. The van der Waals surface area contributed by atoms with Crippen molar-refractivity contribution >= 4 is 0 Å². The molecule has 0 aromatic heterocycles. The Morgan fingerprint density at radius 2 is 1.94 bits per heavy atom. The van der Waals surface area contributed by atoms with Gasteiger partial charge in [-0.25, -0.2) is 8.78 Å². The summed E-state index contributed by atoms with van der Waals surface area (Å²) in [6.07, 6.45) is 3.91. The highest BCUT2D eigenvalue weighted by Gasteiger charge is 2.36. The Morgan fingerprint density at radius 1 is 1.28 bits per heavy atom. The van der Waals surface area contributed by atoms with Crippen LogP contribution in [0.3, 0.4) is 0 Å². The predicted molar refractivity (Wildman–Crippen MR) is 70.1 cm³/mol. The molecule has 0 saturated heterocycles. The summed E-state index contributed by atoms with van der Waals surface area (Å²) >= 11 is 0. The number of rotatable bonds is 8. The standard InChI is InChI=1S/C14H27F2NO/c1-3-9-17-11-14(18-10-13(15)16)7-5-12(4-2)6-8-14/h12-13,17H,3-11H2,1-2H3. The van der Waals surface area contributed by atoms with E-state index >= 15 is 0 Å². The second kappa shape index (κ2) is 8.05. The van der Waals surface area contributed by atoms with Crippen molar-refractivity contribution in [3.8, 4) is 0 Å². The van der Waals surface area contributed by atoms with Crippen molar-refractivity contribution in [2.45, 2.75) is 64.4 Å². The summed E-state index contributed by atoms with van der Waals surface area (Å²) in [5.41, 5.74) is -0.350. The first-order chi connectivity index (χ1) is 8.62. The maximum Gasteiger partial charge on any atom is 0.261 e. The van der Waals surface area contributed by atoms with Crippen LogP contribution in [0.5, 0.6) is 0 Å². The van der Waals surface area contributed by atoms with E-state index in [0.717, 1.165) is 44.6 Å². The molecule has 1 rings (SSSR count). The van der Waals surface area contributed by atoms with Gasteiger partial charge in [-0.1, -0.05) is 20.3 Å². The first-order valence-corrected chi connectivity index (χ1v) is 7.24. The van der Waals surface area contributed by atoms with Crippen molar-refractivity contribution < 1.29 is 13.5 Å². The van der Waals surface area contributed by atoms with Crippen LogP contribution >= 0.6 is 0 Å². The zero-order chi connectivity index (χ0) is 13.4. The minimum absolute atomic E-state index is 0.350. The largest absolute Gasteiger partial charge is 0.368 e. The molecule has 2 nitrogen and oxygen atoms in total. The van der Waals surface area contributed by atoms with Crippen LogP contribution in [0, 0.1) is 5.92 Å². The van der Waals surface area contributed by atoms with Crippen LogP contribution in [-0.2, 0) is 4.74 Å². The molecule has 4 heteroatoms. The molecule has 1 aliphatic carbocycles. The number of halogens is 2. The average molecular weight is 263 g/mol. The highest BCUT2D eigenvalue weighted by molar-refractivity contribution is 4.89. The van der Waals surface area contributed by atoms with Gasteiger partial charge in [0.2, 0.25) is 0 Å². The monoisotopic (exact) mass is 263 g/mol. The molecule has 0 spiro atoms. The minimum atomic E-state index is -2.36. The number of ether oxygens (including phenoxy) is 1. The molecule has 0 atom stereocenters. The second-order valence-electron chi connectivity index (χ2n) is 5.41. The van der Waals surface area contributed by atoms with Gasteiger partial charge in [0.1, 0.15) is 6.61 Å². The third-order valence-corrected chi connectivity index (χ3v) is 3.98.